The predicted molar refractivity (Wildman–Crippen MR) is 92.2 cm³/mol. The molecule has 0 aliphatic rings. The zero-order chi connectivity index (χ0) is 16.8. The van der Waals surface area contributed by atoms with Crippen molar-refractivity contribution in [2.24, 2.45) is 0 Å². The third kappa shape index (κ3) is 4.49. The van der Waals surface area contributed by atoms with Gasteiger partial charge in [-0.05, 0) is 55.7 Å². The molecule has 0 saturated carbocycles. The van der Waals surface area contributed by atoms with Crippen molar-refractivity contribution in [3.63, 3.8) is 0 Å². The van der Waals surface area contributed by atoms with E-state index < -0.39 is 6.10 Å². The number of methoxy groups -OCH3 is 1. The van der Waals surface area contributed by atoms with Crippen LogP contribution in [0.3, 0.4) is 0 Å². The first-order valence-electron chi connectivity index (χ1n) is 7.72. The molecule has 0 aromatic heterocycles. The van der Waals surface area contributed by atoms with Crippen molar-refractivity contribution in [2.45, 2.75) is 33.3 Å². The SMILES string of the molecule is CC[C@H](Oc1cccc(OC)c1)C(=O)Nc1ccc(C)c(C)c1. The van der Waals surface area contributed by atoms with Gasteiger partial charge in [-0.15, -0.1) is 0 Å². The monoisotopic (exact) mass is 313 g/mol. The Morgan fingerprint density at radius 3 is 2.48 bits per heavy atom. The van der Waals surface area contributed by atoms with E-state index in [0.29, 0.717) is 17.9 Å². The van der Waals surface area contributed by atoms with Crippen LogP contribution < -0.4 is 14.8 Å². The average molecular weight is 313 g/mol. The summed E-state index contributed by atoms with van der Waals surface area (Å²) in [5, 5.41) is 2.91. The Morgan fingerprint density at radius 2 is 1.83 bits per heavy atom. The summed E-state index contributed by atoms with van der Waals surface area (Å²) >= 11 is 0. The lowest BCUT2D eigenvalue weighted by atomic mass is 10.1. The van der Waals surface area contributed by atoms with Gasteiger partial charge >= 0.3 is 0 Å². The third-order valence-electron chi connectivity index (χ3n) is 3.76. The molecule has 2 rings (SSSR count). The van der Waals surface area contributed by atoms with E-state index in [4.69, 9.17) is 9.47 Å². The molecule has 1 N–H and O–H groups in total. The predicted octanol–water partition coefficient (Wildman–Crippen LogP) is 4.11. The number of amides is 1. The van der Waals surface area contributed by atoms with Gasteiger partial charge in [-0.1, -0.05) is 19.1 Å². The number of ether oxygens (including phenoxy) is 2. The van der Waals surface area contributed by atoms with Gasteiger partial charge in [0.15, 0.2) is 6.10 Å². The van der Waals surface area contributed by atoms with Gasteiger partial charge in [0.25, 0.3) is 5.91 Å². The quantitative estimate of drug-likeness (QED) is 0.873. The number of nitrogens with one attached hydrogen (secondary N) is 1. The molecule has 0 spiro atoms. The summed E-state index contributed by atoms with van der Waals surface area (Å²) in [6, 6.07) is 13.1. The Labute approximate surface area is 137 Å². The highest BCUT2D eigenvalue weighted by molar-refractivity contribution is 5.94. The third-order valence-corrected chi connectivity index (χ3v) is 3.76. The van der Waals surface area contributed by atoms with Crippen molar-refractivity contribution in [2.75, 3.05) is 12.4 Å². The van der Waals surface area contributed by atoms with Crippen molar-refractivity contribution in [1.82, 2.24) is 0 Å². The van der Waals surface area contributed by atoms with Crippen LogP contribution in [0, 0.1) is 13.8 Å². The number of benzene rings is 2. The highest BCUT2D eigenvalue weighted by atomic mass is 16.5. The molecule has 0 heterocycles. The van der Waals surface area contributed by atoms with Crippen LogP contribution in [-0.4, -0.2) is 19.1 Å². The number of rotatable bonds is 6. The fraction of sp³-hybridized carbons (Fsp3) is 0.316. The Morgan fingerprint density at radius 1 is 1.09 bits per heavy atom. The highest BCUT2D eigenvalue weighted by Crippen LogP contribution is 2.21. The minimum atomic E-state index is -0.552. The molecule has 1 amide bonds. The maximum Gasteiger partial charge on any atom is 0.265 e. The maximum absolute atomic E-state index is 12.4. The van der Waals surface area contributed by atoms with E-state index in [-0.39, 0.29) is 5.91 Å². The first-order chi connectivity index (χ1) is 11.0. The zero-order valence-electron chi connectivity index (χ0n) is 14.1. The van der Waals surface area contributed by atoms with Gasteiger partial charge in [-0.3, -0.25) is 4.79 Å². The van der Waals surface area contributed by atoms with Crippen LogP contribution in [0.5, 0.6) is 11.5 Å². The molecule has 4 heteroatoms. The fourth-order valence-electron chi connectivity index (χ4n) is 2.20. The summed E-state index contributed by atoms with van der Waals surface area (Å²) in [6.45, 7) is 5.99. The first kappa shape index (κ1) is 16.9. The summed E-state index contributed by atoms with van der Waals surface area (Å²) < 4.78 is 11.0. The highest BCUT2D eigenvalue weighted by Gasteiger charge is 2.19. The van der Waals surface area contributed by atoms with E-state index >= 15 is 0 Å². The van der Waals surface area contributed by atoms with Gasteiger partial charge in [-0.2, -0.15) is 0 Å². The lowest BCUT2D eigenvalue weighted by Crippen LogP contribution is -2.32. The van der Waals surface area contributed by atoms with E-state index in [0.717, 1.165) is 11.3 Å². The summed E-state index contributed by atoms with van der Waals surface area (Å²) in [4.78, 5) is 12.4. The number of hydrogen-bond donors (Lipinski definition) is 1. The van der Waals surface area contributed by atoms with Crippen molar-refractivity contribution in [3.05, 3.63) is 53.6 Å². The van der Waals surface area contributed by atoms with Gasteiger partial charge in [0.05, 0.1) is 7.11 Å². The molecule has 0 bridgehead atoms. The molecule has 2 aromatic carbocycles. The van der Waals surface area contributed by atoms with Crippen LogP contribution in [0.2, 0.25) is 0 Å². The molecule has 122 valence electrons. The second-order valence-electron chi connectivity index (χ2n) is 5.48. The molecular formula is C19H23NO3. The van der Waals surface area contributed by atoms with Crippen molar-refractivity contribution < 1.29 is 14.3 Å². The molecule has 4 nitrogen and oxygen atoms in total. The summed E-state index contributed by atoms with van der Waals surface area (Å²) in [6.07, 6.45) is 0.0252. The molecule has 1 atom stereocenters. The van der Waals surface area contributed by atoms with Crippen LogP contribution in [0.4, 0.5) is 5.69 Å². The summed E-state index contributed by atoms with van der Waals surface area (Å²) in [5.74, 6) is 1.16. The van der Waals surface area contributed by atoms with E-state index in [1.165, 1.54) is 5.56 Å². The van der Waals surface area contributed by atoms with Crippen molar-refractivity contribution in [1.29, 1.82) is 0 Å². The minimum Gasteiger partial charge on any atom is -0.497 e. The molecule has 0 radical (unpaired) electrons. The van der Waals surface area contributed by atoms with Crippen LogP contribution in [0.25, 0.3) is 0 Å². The smallest absolute Gasteiger partial charge is 0.265 e. The summed E-state index contributed by atoms with van der Waals surface area (Å²) in [5.41, 5.74) is 3.12. The number of aryl methyl sites for hydroxylation is 2. The van der Waals surface area contributed by atoms with Gasteiger partial charge in [0, 0.05) is 11.8 Å². The average Bonchev–Trinajstić information content (AvgIpc) is 2.56. The standard InChI is InChI=1S/C19H23NO3/c1-5-18(23-17-8-6-7-16(12-17)22-4)19(21)20-15-10-9-13(2)14(3)11-15/h6-12,18H,5H2,1-4H3,(H,20,21)/t18-/m0/s1. The molecular weight excluding hydrogens is 290 g/mol. The molecule has 0 aliphatic carbocycles. The Kier molecular flexibility index (Phi) is 5.63. The van der Waals surface area contributed by atoms with Gasteiger partial charge in [-0.25, -0.2) is 0 Å². The topological polar surface area (TPSA) is 47.6 Å². The molecule has 2 aromatic rings. The Balaban J connectivity index is 2.07. The lowest BCUT2D eigenvalue weighted by Gasteiger charge is -2.18. The van der Waals surface area contributed by atoms with E-state index in [1.807, 2.05) is 57.2 Å². The van der Waals surface area contributed by atoms with Crippen LogP contribution >= 0.6 is 0 Å². The van der Waals surface area contributed by atoms with Gasteiger partial charge in [0.2, 0.25) is 0 Å². The Hall–Kier alpha value is -2.49. The van der Waals surface area contributed by atoms with Gasteiger partial charge < -0.3 is 14.8 Å². The molecule has 23 heavy (non-hydrogen) atoms. The number of carbonyl (C=O) groups is 1. The lowest BCUT2D eigenvalue weighted by molar-refractivity contribution is -0.122. The Bertz CT molecular complexity index is 682. The first-order valence-corrected chi connectivity index (χ1v) is 7.72. The number of carbonyl (C=O) groups excluding carboxylic acids is 1. The van der Waals surface area contributed by atoms with Crippen LogP contribution in [0.15, 0.2) is 42.5 Å². The molecule has 0 fully saturated rings. The van der Waals surface area contributed by atoms with Crippen LogP contribution in [-0.2, 0) is 4.79 Å². The largest absolute Gasteiger partial charge is 0.497 e. The fourth-order valence-corrected chi connectivity index (χ4v) is 2.20. The van der Waals surface area contributed by atoms with E-state index in [2.05, 4.69) is 5.32 Å². The maximum atomic E-state index is 12.4. The van der Waals surface area contributed by atoms with Crippen molar-refractivity contribution in [3.8, 4) is 11.5 Å². The van der Waals surface area contributed by atoms with Crippen molar-refractivity contribution >= 4 is 11.6 Å². The zero-order valence-corrected chi connectivity index (χ0v) is 14.1. The number of anilines is 1. The number of hydrogen-bond acceptors (Lipinski definition) is 3. The van der Waals surface area contributed by atoms with E-state index in [1.54, 1.807) is 13.2 Å². The molecule has 0 unspecified atom stereocenters. The second-order valence-corrected chi connectivity index (χ2v) is 5.48. The van der Waals surface area contributed by atoms with E-state index in [9.17, 15) is 4.79 Å². The van der Waals surface area contributed by atoms with Crippen LogP contribution in [0.1, 0.15) is 24.5 Å². The minimum absolute atomic E-state index is 0.154. The molecule has 0 aliphatic heterocycles. The normalized spacial score (nSPS) is 11.7. The second kappa shape index (κ2) is 7.68. The van der Waals surface area contributed by atoms with Gasteiger partial charge in [0.1, 0.15) is 11.5 Å². The molecule has 0 saturated heterocycles. The summed E-state index contributed by atoms with van der Waals surface area (Å²) in [7, 11) is 1.60.